The summed E-state index contributed by atoms with van der Waals surface area (Å²) in [6.45, 7) is 54.6. The van der Waals surface area contributed by atoms with E-state index in [4.69, 9.17) is 0 Å². The van der Waals surface area contributed by atoms with Crippen molar-refractivity contribution >= 4 is 91.8 Å². The summed E-state index contributed by atoms with van der Waals surface area (Å²) in [6, 6.07) is 10.2. The van der Waals surface area contributed by atoms with Gasteiger partial charge < -0.3 is 59.2 Å². The Morgan fingerprint density at radius 1 is 0.302 bits per heavy atom. The fraction of sp³-hybridized carbons (Fsp3) is 0.804. The molecule has 27 heteroatoms. The Labute approximate surface area is 777 Å². The van der Waals surface area contributed by atoms with Gasteiger partial charge in [0.15, 0.2) is 17.3 Å². The second kappa shape index (κ2) is 53.7. The van der Waals surface area contributed by atoms with E-state index in [1.54, 1.807) is 40.4 Å². The lowest BCUT2D eigenvalue weighted by Crippen LogP contribution is -2.49. The molecule has 0 spiro atoms. The molecule has 2 N–H and O–H groups in total. The van der Waals surface area contributed by atoms with Gasteiger partial charge in [-0.3, -0.25) is 66.5 Å². The van der Waals surface area contributed by atoms with E-state index in [9.17, 15) is 76.8 Å². The quantitative estimate of drug-likeness (QED) is 0.173. The molecule has 13 aliphatic rings. The van der Waals surface area contributed by atoms with Crippen LogP contribution in [0.5, 0.6) is 0 Å². The molecular formula is C102H174N10O16S. The van der Waals surface area contributed by atoms with Gasteiger partial charge in [0, 0.05) is 179 Å². The molecule has 12 saturated heterocycles. The molecule has 13 heterocycles. The maximum Gasteiger partial charge on any atom is 0.225 e. The number of likely N-dealkylation sites (tertiary alicyclic amines) is 5. The van der Waals surface area contributed by atoms with Gasteiger partial charge in [0.05, 0.1) is 30.3 Å². The van der Waals surface area contributed by atoms with Crippen LogP contribution in [-0.4, -0.2) is 283 Å². The van der Waals surface area contributed by atoms with Gasteiger partial charge in [-0.15, -0.1) is 0 Å². The lowest BCUT2D eigenvalue weighted by Gasteiger charge is -2.38. The number of piperidine rings is 4. The largest absolute Gasteiger partial charge is 0.393 e. The minimum atomic E-state index is -1.87. The number of Topliss-reactive ketones (excluding diaryl/α,β-unsaturated/α-hetero) is 3. The van der Waals surface area contributed by atoms with Crippen molar-refractivity contribution < 1.29 is 76.8 Å². The van der Waals surface area contributed by atoms with E-state index < -0.39 is 9.52 Å². The van der Waals surface area contributed by atoms with Gasteiger partial charge in [-0.05, 0) is 201 Å². The highest BCUT2D eigenvalue weighted by atomic mass is 32.2. The molecule has 1 aromatic carbocycles. The number of carbonyl (C=O) groups is 13. The zero-order valence-electron chi connectivity index (χ0n) is 84.2. The summed E-state index contributed by atoms with van der Waals surface area (Å²) in [7, 11) is -1.87. The predicted molar refractivity (Wildman–Crippen MR) is 513 cm³/mol. The van der Waals surface area contributed by atoms with Crippen molar-refractivity contribution in [3.63, 3.8) is 0 Å². The van der Waals surface area contributed by atoms with Gasteiger partial charge in [-0.1, -0.05) is 170 Å². The Bertz CT molecular complexity index is 3610. The van der Waals surface area contributed by atoms with Crippen LogP contribution in [0.1, 0.15) is 325 Å². The fourth-order valence-electron chi connectivity index (χ4n) is 20.1. The van der Waals surface area contributed by atoms with Gasteiger partial charge in [0.2, 0.25) is 59.1 Å². The van der Waals surface area contributed by atoms with Crippen LogP contribution in [0, 0.1) is 65.1 Å². The number of carbonyl (C=O) groups excluding carboxylic acids is 13. The van der Waals surface area contributed by atoms with E-state index in [0.29, 0.717) is 78.6 Å². The van der Waals surface area contributed by atoms with Gasteiger partial charge in [-0.25, -0.2) is 0 Å². The molecule has 11 atom stereocenters. The molecule has 0 radical (unpaired) electrons. The molecule has 13 aliphatic heterocycles. The normalized spacial score (nSPS) is 25.6. The molecule has 129 heavy (non-hydrogen) atoms. The number of aliphatic hydroxyl groups excluding tert-OH is 2. The molecular weight excluding hydrogens is 1650 g/mol. The van der Waals surface area contributed by atoms with Crippen LogP contribution in [0.25, 0.3) is 0 Å². The molecule has 0 aromatic heterocycles. The minimum Gasteiger partial charge on any atom is -0.393 e. The average molecular weight is 1830 g/mol. The van der Waals surface area contributed by atoms with Crippen LogP contribution in [0.3, 0.4) is 0 Å². The third-order valence-electron chi connectivity index (χ3n) is 27.1. The van der Waals surface area contributed by atoms with Crippen molar-refractivity contribution in [1.82, 2.24) is 49.0 Å². The fourth-order valence-corrected chi connectivity index (χ4v) is 21.4. The Kier molecular flexibility index (Phi) is 46.8. The van der Waals surface area contributed by atoms with E-state index >= 15 is 0 Å². The number of hydrogen-bond acceptors (Lipinski definition) is 16. The summed E-state index contributed by atoms with van der Waals surface area (Å²) in [4.78, 5) is 169. The lowest BCUT2D eigenvalue weighted by molar-refractivity contribution is -0.141. The smallest absolute Gasteiger partial charge is 0.225 e. The summed E-state index contributed by atoms with van der Waals surface area (Å²) in [5.41, 5.74) is 2.59. The number of amides is 10. The molecule has 734 valence electrons. The van der Waals surface area contributed by atoms with Crippen LogP contribution in [-0.2, 0) is 84.9 Å². The maximum atomic E-state index is 12.0. The van der Waals surface area contributed by atoms with Gasteiger partial charge >= 0.3 is 0 Å². The van der Waals surface area contributed by atoms with Gasteiger partial charge in [0.1, 0.15) is 0 Å². The Morgan fingerprint density at radius 3 is 0.767 bits per heavy atom. The van der Waals surface area contributed by atoms with E-state index in [2.05, 4.69) is 29.8 Å². The number of aliphatic hydroxyl groups is 2. The number of ketones is 3. The summed E-state index contributed by atoms with van der Waals surface area (Å²) < 4.78 is 11.5. The Hall–Kier alpha value is -7.13. The Morgan fingerprint density at radius 2 is 0.527 bits per heavy atom. The second-order valence-corrected chi connectivity index (χ2v) is 44.5. The molecule has 6 bridgehead atoms. The van der Waals surface area contributed by atoms with Crippen molar-refractivity contribution in [2.24, 2.45) is 65.1 Å². The van der Waals surface area contributed by atoms with Crippen LogP contribution < -0.4 is 0 Å². The van der Waals surface area contributed by atoms with Crippen LogP contribution in [0.2, 0.25) is 0 Å². The molecule has 0 saturated carbocycles. The molecule has 1 aromatic rings. The van der Waals surface area contributed by atoms with Gasteiger partial charge in [0.25, 0.3) is 0 Å². The van der Waals surface area contributed by atoms with Crippen LogP contribution in [0.4, 0.5) is 0 Å². The first kappa shape index (κ1) is 112. The highest BCUT2D eigenvalue weighted by Gasteiger charge is 2.46. The molecule has 26 nitrogen and oxygen atoms in total. The monoisotopic (exact) mass is 1830 g/mol. The van der Waals surface area contributed by atoms with Crippen molar-refractivity contribution in [2.75, 3.05) is 70.4 Å². The predicted octanol–water partition coefficient (Wildman–Crippen LogP) is 13.7. The standard InChI is InChI=1S/C12H21NO.C12H15NO.2C11H19NO2.3C10H17NO2.C9H17NO2S.C9H17NO.C8H15NO/c1-8(2)12(14)13-10-4-5-11(13)7-9(3)6-10;1-9(2)12(14)13-7-10-5-3-4-6-11(10)8-13;2*1-7(2)11(14)12-8-3-4-9(12)6-10(13)5-8;3*1-7(2)10(13)11-6-4-5-9(11)8(3)12;1-8(2)9(11)10-4-6-13(3,12)7-5-10;1-8(2)9(11)10-6-4-3-5-7-10;1-7(2)8(10)9-5-3-4-6-9/h8-11H,4-7H2,1-3H3;3-6,9H,7-8H2,1-2H3;2*7-10,13H,3-6H2,1-2H3;3*7,9H,4-6H2,1-3H3;8H,3-7H2,1-2H3;8H,3-7H2,1-2H3;7H,3-6H2,1-2H3/t;;2*8-,9+,10?;2*9-;;;;/m....10..../s1. The summed E-state index contributed by atoms with van der Waals surface area (Å²) in [6.07, 6.45) is 23.5. The summed E-state index contributed by atoms with van der Waals surface area (Å²) >= 11 is 0. The first-order chi connectivity index (χ1) is 60.4. The first-order valence-corrected chi connectivity index (χ1v) is 51.8. The number of fused-ring (bicyclic) bond motifs is 7. The van der Waals surface area contributed by atoms with Crippen molar-refractivity contribution in [3.8, 4) is 0 Å². The first-order valence-electron chi connectivity index (χ1n) is 49.7. The van der Waals surface area contributed by atoms with E-state index in [1.165, 1.54) is 68.9 Å². The van der Waals surface area contributed by atoms with Crippen molar-refractivity contribution in [1.29, 1.82) is 0 Å². The lowest BCUT2D eigenvalue weighted by atomic mass is 9.91. The zero-order valence-corrected chi connectivity index (χ0v) is 85.0. The average Bonchev–Trinajstić information content (AvgIpc) is 1.65. The molecule has 5 unspecified atom stereocenters. The van der Waals surface area contributed by atoms with Gasteiger partial charge in [-0.2, -0.15) is 0 Å². The third kappa shape index (κ3) is 34.1. The highest BCUT2D eigenvalue weighted by Crippen LogP contribution is 2.41. The van der Waals surface area contributed by atoms with E-state index in [-0.39, 0.29) is 148 Å². The summed E-state index contributed by atoms with van der Waals surface area (Å²) in [5.74, 6) is 9.10. The summed E-state index contributed by atoms with van der Waals surface area (Å²) in [5, 5.41) is 19.2. The SMILES string of the molecule is C=S1(=O)CCN(C(=O)C(C)C)CC1.CC(=O)C1CCCN1C(=O)C(C)C.CC(=O)[C@@H]1CCCN1C(=O)C(C)C.CC(=O)[C@H]1CCCN1C(=O)C(C)C.CC(C)C(=O)N1CCCC1.CC(C)C(=O)N1CCCCC1.CC(C)C(=O)N1Cc2ccccc2C1.CC(C)C(=O)N1[C@@H]2CC[C@H]1CC(O)C2.CC(C)C(=O)N1[C@@H]2CC[C@H]1CC(O)C2.CC1CC2CCC(C1)N2C(=O)C(C)C. The van der Waals surface area contributed by atoms with Crippen molar-refractivity contribution in [3.05, 3.63) is 35.4 Å². The molecule has 10 amide bonds. The maximum absolute atomic E-state index is 12.0. The molecule has 14 rings (SSSR count). The van der Waals surface area contributed by atoms with E-state index in [0.717, 1.165) is 155 Å². The van der Waals surface area contributed by atoms with Crippen LogP contribution in [0.15, 0.2) is 24.3 Å². The molecule has 0 aliphatic carbocycles. The number of rotatable bonds is 13. The highest BCUT2D eigenvalue weighted by molar-refractivity contribution is 8.00. The number of hydrogen-bond donors (Lipinski definition) is 2. The zero-order chi connectivity index (χ0) is 96.9. The topological polar surface area (TPSA) is 312 Å². The third-order valence-corrected chi connectivity index (χ3v) is 29.0. The minimum absolute atomic E-state index is 0.0000463. The second-order valence-electron chi connectivity index (χ2n) is 41.7. The van der Waals surface area contributed by atoms with Crippen molar-refractivity contribution in [2.45, 2.75) is 394 Å². The Balaban J connectivity index is 0.000000254. The number of benzene rings is 1. The van der Waals surface area contributed by atoms with E-state index in [1.807, 2.05) is 175 Å². The number of nitrogens with zero attached hydrogens (tertiary/aromatic N) is 10. The van der Waals surface area contributed by atoms with Crippen LogP contribution >= 0.6 is 0 Å². The molecule has 12 fully saturated rings.